The lowest BCUT2D eigenvalue weighted by Crippen LogP contribution is -2.45. The van der Waals surface area contributed by atoms with Crippen molar-refractivity contribution >= 4 is 0 Å². The van der Waals surface area contributed by atoms with Gasteiger partial charge in [0.2, 0.25) is 0 Å². The summed E-state index contributed by atoms with van der Waals surface area (Å²) in [5.41, 5.74) is 6.11. The maximum Gasteiger partial charge on any atom is 0.455 e. The molecule has 2 rings (SSSR count). The molecule has 0 saturated heterocycles. The van der Waals surface area contributed by atoms with Crippen LogP contribution in [0.15, 0.2) is 54.6 Å². The molecule has 112 valence electrons. The summed E-state index contributed by atoms with van der Waals surface area (Å²) < 4.78 is 63.7. The van der Waals surface area contributed by atoms with Gasteiger partial charge in [-0.05, 0) is 22.8 Å². The Bertz CT molecular complexity index is 607. The topological polar surface area (TPSA) is 26.0 Å². The van der Waals surface area contributed by atoms with Crippen LogP contribution in [-0.4, -0.2) is 12.1 Å². The molecule has 0 heterocycles. The van der Waals surface area contributed by atoms with E-state index in [1.807, 2.05) is 0 Å². The fraction of sp³-hybridized carbons (Fsp3) is 0.200. The largest absolute Gasteiger partial charge is 0.455 e. The van der Waals surface area contributed by atoms with Crippen molar-refractivity contribution < 1.29 is 22.0 Å². The molecule has 0 saturated carbocycles. The van der Waals surface area contributed by atoms with Crippen LogP contribution in [0.25, 0.3) is 11.1 Å². The Morgan fingerprint density at radius 3 is 1.90 bits per heavy atom. The lowest BCUT2D eigenvalue weighted by molar-refractivity contribution is -0.291. The zero-order valence-corrected chi connectivity index (χ0v) is 10.7. The molecular weight excluding hydrogens is 289 g/mol. The van der Waals surface area contributed by atoms with E-state index >= 15 is 0 Å². The molecule has 0 bridgehead atoms. The van der Waals surface area contributed by atoms with Crippen LogP contribution in [0.2, 0.25) is 0 Å². The predicted molar refractivity (Wildman–Crippen MR) is 69.8 cm³/mol. The lowest BCUT2D eigenvalue weighted by Gasteiger charge is -2.26. The van der Waals surface area contributed by atoms with Crippen LogP contribution in [0.4, 0.5) is 22.0 Å². The molecule has 2 aromatic rings. The predicted octanol–water partition coefficient (Wildman–Crippen LogP) is 4.55. The van der Waals surface area contributed by atoms with Crippen molar-refractivity contribution in [3.63, 3.8) is 0 Å². The van der Waals surface area contributed by atoms with Crippen molar-refractivity contribution in [2.24, 2.45) is 5.73 Å². The second-order valence-electron chi connectivity index (χ2n) is 4.59. The van der Waals surface area contributed by atoms with E-state index in [0.717, 1.165) is 6.07 Å². The third kappa shape index (κ3) is 3.05. The maximum atomic E-state index is 13.3. The van der Waals surface area contributed by atoms with Crippen LogP contribution in [0.5, 0.6) is 0 Å². The van der Waals surface area contributed by atoms with Gasteiger partial charge in [-0.2, -0.15) is 22.0 Å². The molecule has 6 heteroatoms. The van der Waals surface area contributed by atoms with E-state index < -0.39 is 18.1 Å². The summed E-state index contributed by atoms with van der Waals surface area (Å²) in [5, 5.41) is 0. The fourth-order valence-corrected chi connectivity index (χ4v) is 1.93. The summed E-state index contributed by atoms with van der Waals surface area (Å²) in [6.45, 7) is 0. The molecule has 0 aliphatic carbocycles. The fourth-order valence-electron chi connectivity index (χ4n) is 1.93. The quantitative estimate of drug-likeness (QED) is 0.827. The van der Waals surface area contributed by atoms with E-state index in [4.69, 9.17) is 5.73 Å². The number of hydrogen-bond acceptors (Lipinski definition) is 1. The molecule has 2 aromatic carbocycles. The van der Waals surface area contributed by atoms with Gasteiger partial charge in [0.05, 0.1) is 0 Å². The van der Waals surface area contributed by atoms with Crippen molar-refractivity contribution in [1.82, 2.24) is 0 Å². The summed E-state index contributed by atoms with van der Waals surface area (Å²) in [7, 11) is 0. The number of benzene rings is 2. The maximum absolute atomic E-state index is 13.3. The Morgan fingerprint density at radius 1 is 0.762 bits per heavy atom. The minimum Gasteiger partial charge on any atom is -0.319 e. The van der Waals surface area contributed by atoms with E-state index in [1.165, 1.54) is 12.1 Å². The summed E-state index contributed by atoms with van der Waals surface area (Å²) >= 11 is 0. The number of rotatable bonds is 3. The first-order valence-corrected chi connectivity index (χ1v) is 6.09. The SMILES string of the molecule is N[C@@H](c1cccc(-c2ccccc2)c1)C(F)(F)C(F)(F)F. The molecule has 0 aromatic heterocycles. The third-order valence-corrected chi connectivity index (χ3v) is 3.12. The van der Waals surface area contributed by atoms with Crippen molar-refractivity contribution in [2.45, 2.75) is 18.1 Å². The molecule has 2 N–H and O–H groups in total. The van der Waals surface area contributed by atoms with E-state index in [2.05, 4.69) is 0 Å². The Labute approximate surface area is 118 Å². The summed E-state index contributed by atoms with van der Waals surface area (Å²) in [6.07, 6.45) is -5.69. The minimum absolute atomic E-state index is 0.265. The van der Waals surface area contributed by atoms with E-state index in [1.54, 1.807) is 36.4 Å². The van der Waals surface area contributed by atoms with Crippen molar-refractivity contribution in [2.75, 3.05) is 0 Å². The lowest BCUT2D eigenvalue weighted by atomic mass is 9.96. The van der Waals surface area contributed by atoms with Gasteiger partial charge in [0.25, 0.3) is 0 Å². The molecule has 21 heavy (non-hydrogen) atoms. The van der Waals surface area contributed by atoms with Gasteiger partial charge >= 0.3 is 12.1 Å². The molecule has 0 radical (unpaired) electrons. The van der Waals surface area contributed by atoms with Gasteiger partial charge in [-0.3, -0.25) is 0 Å². The van der Waals surface area contributed by atoms with E-state index in [-0.39, 0.29) is 5.56 Å². The van der Waals surface area contributed by atoms with E-state index in [0.29, 0.717) is 11.1 Å². The number of nitrogens with two attached hydrogens (primary N) is 1. The summed E-state index contributed by atoms with van der Waals surface area (Å²) in [5.74, 6) is -4.98. The number of hydrogen-bond donors (Lipinski definition) is 1. The van der Waals surface area contributed by atoms with Crippen molar-refractivity contribution in [1.29, 1.82) is 0 Å². The molecular formula is C15H12F5N. The standard InChI is InChI=1S/C15H12F5N/c16-14(17,15(18,19)20)13(21)12-8-4-7-11(9-12)10-5-2-1-3-6-10/h1-9,13H,21H2/t13-/m0/s1. The molecule has 0 spiro atoms. The van der Waals surface area contributed by atoms with Gasteiger partial charge in [0.15, 0.2) is 0 Å². The molecule has 1 atom stereocenters. The summed E-state index contributed by atoms with van der Waals surface area (Å²) in [4.78, 5) is 0. The normalized spacial score (nSPS) is 14.0. The Morgan fingerprint density at radius 2 is 1.33 bits per heavy atom. The Hall–Kier alpha value is -1.95. The van der Waals surface area contributed by atoms with Gasteiger partial charge < -0.3 is 5.73 Å². The van der Waals surface area contributed by atoms with Gasteiger partial charge in [-0.15, -0.1) is 0 Å². The first-order valence-electron chi connectivity index (χ1n) is 6.09. The number of halogens is 5. The average Bonchev–Trinajstić information content (AvgIpc) is 2.46. The molecule has 0 aliphatic rings. The molecule has 0 aliphatic heterocycles. The minimum atomic E-state index is -5.69. The van der Waals surface area contributed by atoms with Crippen LogP contribution in [-0.2, 0) is 0 Å². The van der Waals surface area contributed by atoms with Crippen LogP contribution < -0.4 is 5.73 Å². The van der Waals surface area contributed by atoms with Crippen molar-refractivity contribution in [3.05, 3.63) is 60.2 Å². The molecule has 1 nitrogen and oxygen atoms in total. The molecule has 0 amide bonds. The van der Waals surface area contributed by atoms with E-state index in [9.17, 15) is 22.0 Å². The second kappa shape index (κ2) is 5.44. The highest BCUT2D eigenvalue weighted by molar-refractivity contribution is 5.64. The van der Waals surface area contributed by atoms with Gasteiger partial charge in [-0.1, -0.05) is 48.5 Å². The van der Waals surface area contributed by atoms with Gasteiger partial charge in [-0.25, -0.2) is 0 Å². The molecule has 0 fully saturated rings. The zero-order chi connectivity index (χ0) is 15.7. The highest BCUT2D eigenvalue weighted by atomic mass is 19.4. The first-order chi connectivity index (χ1) is 9.73. The highest BCUT2D eigenvalue weighted by Gasteiger charge is 2.61. The summed E-state index contributed by atoms with van der Waals surface area (Å²) in [6, 6.07) is 11.7. The smallest absolute Gasteiger partial charge is 0.319 e. The first kappa shape index (κ1) is 15.4. The van der Waals surface area contributed by atoms with Crippen molar-refractivity contribution in [3.8, 4) is 11.1 Å². The Balaban J connectivity index is 2.38. The zero-order valence-electron chi connectivity index (χ0n) is 10.7. The third-order valence-electron chi connectivity index (χ3n) is 3.12. The second-order valence-corrected chi connectivity index (χ2v) is 4.59. The van der Waals surface area contributed by atoms with Crippen LogP contribution in [0, 0.1) is 0 Å². The van der Waals surface area contributed by atoms with Crippen LogP contribution in [0.3, 0.4) is 0 Å². The van der Waals surface area contributed by atoms with Gasteiger partial charge in [0, 0.05) is 0 Å². The van der Waals surface area contributed by atoms with Crippen LogP contribution >= 0.6 is 0 Å². The average molecular weight is 301 g/mol. The monoisotopic (exact) mass is 301 g/mol. The molecule has 0 unspecified atom stereocenters. The number of alkyl halides is 5. The highest BCUT2D eigenvalue weighted by Crippen LogP contribution is 2.43. The van der Waals surface area contributed by atoms with Gasteiger partial charge in [0.1, 0.15) is 6.04 Å². The Kier molecular flexibility index (Phi) is 4.00. The van der Waals surface area contributed by atoms with Crippen LogP contribution in [0.1, 0.15) is 11.6 Å².